The van der Waals surface area contributed by atoms with Gasteiger partial charge in [0.15, 0.2) is 0 Å². The van der Waals surface area contributed by atoms with Gasteiger partial charge in [-0.3, -0.25) is 0 Å². The van der Waals surface area contributed by atoms with Crippen LogP contribution in [0.3, 0.4) is 0 Å². The van der Waals surface area contributed by atoms with Gasteiger partial charge in [0.2, 0.25) is 0 Å². The molecule has 0 aromatic heterocycles. The van der Waals surface area contributed by atoms with Crippen molar-refractivity contribution in [2.45, 2.75) is 32.3 Å². The molecule has 3 nitrogen and oxygen atoms in total. The van der Waals surface area contributed by atoms with Crippen molar-refractivity contribution in [3.8, 4) is 0 Å². The first-order chi connectivity index (χ1) is 8.00. The molecule has 0 saturated heterocycles. The summed E-state index contributed by atoms with van der Waals surface area (Å²) in [5.41, 5.74) is 1.61. The molecule has 0 aliphatic heterocycles. The summed E-state index contributed by atoms with van der Waals surface area (Å²) in [5.74, 6) is 0. The van der Waals surface area contributed by atoms with Gasteiger partial charge < -0.3 is 15.3 Å². The Morgan fingerprint density at radius 3 is 2.41 bits per heavy atom. The second-order valence-electron chi connectivity index (χ2n) is 4.73. The summed E-state index contributed by atoms with van der Waals surface area (Å²) in [6.07, 6.45) is 1.54. The Morgan fingerprint density at radius 2 is 1.88 bits per heavy atom. The third-order valence-corrected chi connectivity index (χ3v) is 3.30. The fourth-order valence-corrected chi connectivity index (χ4v) is 1.66. The van der Waals surface area contributed by atoms with E-state index >= 15 is 0 Å². The predicted octanol–water partition coefficient (Wildman–Crippen LogP) is 2.72. The highest BCUT2D eigenvalue weighted by Gasteiger charge is 2.21. The van der Waals surface area contributed by atoms with Gasteiger partial charge in [-0.25, -0.2) is 0 Å². The SMILES string of the molecule is CCC(O)(CC)CNc1cccc(N(C)C)c1. The maximum atomic E-state index is 10.2. The summed E-state index contributed by atoms with van der Waals surface area (Å²) in [6.45, 7) is 4.62. The second kappa shape index (κ2) is 5.92. The monoisotopic (exact) mass is 236 g/mol. The highest BCUT2D eigenvalue weighted by Crippen LogP contribution is 2.20. The highest BCUT2D eigenvalue weighted by molar-refractivity contribution is 5.57. The van der Waals surface area contributed by atoms with Gasteiger partial charge in [0, 0.05) is 32.0 Å². The van der Waals surface area contributed by atoms with Gasteiger partial charge >= 0.3 is 0 Å². The molecule has 1 aromatic carbocycles. The van der Waals surface area contributed by atoms with E-state index in [0.29, 0.717) is 6.54 Å². The third-order valence-electron chi connectivity index (χ3n) is 3.30. The van der Waals surface area contributed by atoms with Crippen LogP contribution in [0.15, 0.2) is 24.3 Å². The van der Waals surface area contributed by atoms with Gasteiger partial charge in [-0.05, 0) is 31.0 Å². The molecule has 0 aliphatic rings. The van der Waals surface area contributed by atoms with Gasteiger partial charge in [-0.1, -0.05) is 19.9 Å². The van der Waals surface area contributed by atoms with E-state index in [-0.39, 0.29) is 0 Å². The van der Waals surface area contributed by atoms with Crippen LogP contribution >= 0.6 is 0 Å². The Hall–Kier alpha value is -1.22. The van der Waals surface area contributed by atoms with Crippen molar-refractivity contribution >= 4 is 11.4 Å². The van der Waals surface area contributed by atoms with E-state index in [1.165, 1.54) is 0 Å². The summed E-state index contributed by atoms with van der Waals surface area (Å²) in [5, 5.41) is 13.5. The van der Waals surface area contributed by atoms with E-state index in [2.05, 4.69) is 22.3 Å². The van der Waals surface area contributed by atoms with E-state index in [0.717, 1.165) is 24.2 Å². The summed E-state index contributed by atoms with van der Waals surface area (Å²) >= 11 is 0. The van der Waals surface area contributed by atoms with Gasteiger partial charge in [0.05, 0.1) is 5.60 Å². The molecular formula is C14H24N2O. The molecule has 0 heterocycles. The van der Waals surface area contributed by atoms with Crippen LogP contribution in [-0.2, 0) is 0 Å². The summed E-state index contributed by atoms with van der Waals surface area (Å²) < 4.78 is 0. The van der Waals surface area contributed by atoms with Crippen molar-refractivity contribution in [1.82, 2.24) is 0 Å². The normalized spacial score (nSPS) is 11.4. The van der Waals surface area contributed by atoms with Crippen molar-refractivity contribution in [2.24, 2.45) is 0 Å². The minimum atomic E-state index is -0.603. The molecule has 1 aromatic rings. The Balaban J connectivity index is 2.66. The molecule has 96 valence electrons. The number of rotatable bonds is 6. The van der Waals surface area contributed by atoms with Crippen LogP contribution in [0, 0.1) is 0 Å². The number of hydrogen-bond acceptors (Lipinski definition) is 3. The van der Waals surface area contributed by atoms with Crippen LogP contribution in [0.25, 0.3) is 0 Å². The van der Waals surface area contributed by atoms with Crippen LogP contribution in [0.1, 0.15) is 26.7 Å². The maximum Gasteiger partial charge on any atom is 0.0814 e. The highest BCUT2D eigenvalue weighted by atomic mass is 16.3. The lowest BCUT2D eigenvalue weighted by Gasteiger charge is -2.26. The first-order valence-electron chi connectivity index (χ1n) is 6.24. The first kappa shape index (κ1) is 13.8. The van der Waals surface area contributed by atoms with E-state index in [1.807, 2.05) is 40.1 Å². The maximum absolute atomic E-state index is 10.2. The molecule has 2 N–H and O–H groups in total. The van der Waals surface area contributed by atoms with Gasteiger partial charge in [0.1, 0.15) is 0 Å². The molecule has 0 spiro atoms. The fourth-order valence-electron chi connectivity index (χ4n) is 1.66. The molecule has 1 rings (SSSR count). The molecular weight excluding hydrogens is 212 g/mol. The first-order valence-corrected chi connectivity index (χ1v) is 6.24. The lowest BCUT2D eigenvalue weighted by Crippen LogP contribution is -2.35. The average Bonchev–Trinajstić information content (AvgIpc) is 2.36. The quantitative estimate of drug-likeness (QED) is 0.797. The van der Waals surface area contributed by atoms with Crippen molar-refractivity contribution in [1.29, 1.82) is 0 Å². The van der Waals surface area contributed by atoms with E-state index in [9.17, 15) is 5.11 Å². The molecule has 0 atom stereocenters. The second-order valence-corrected chi connectivity index (χ2v) is 4.73. The van der Waals surface area contributed by atoms with Crippen molar-refractivity contribution in [3.63, 3.8) is 0 Å². The van der Waals surface area contributed by atoms with Crippen LogP contribution in [-0.4, -0.2) is 31.3 Å². The molecule has 0 fully saturated rings. The number of aliphatic hydroxyl groups is 1. The molecule has 0 unspecified atom stereocenters. The minimum Gasteiger partial charge on any atom is -0.388 e. The number of benzene rings is 1. The van der Waals surface area contributed by atoms with Crippen LogP contribution in [0.2, 0.25) is 0 Å². The molecule has 0 amide bonds. The van der Waals surface area contributed by atoms with Crippen molar-refractivity contribution < 1.29 is 5.11 Å². The van der Waals surface area contributed by atoms with Crippen LogP contribution in [0.5, 0.6) is 0 Å². The number of nitrogens with one attached hydrogen (secondary N) is 1. The number of nitrogens with zero attached hydrogens (tertiary/aromatic N) is 1. The predicted molar refractivity (Wildman–Crippen MR) is 74.8 cm³/mol. The lowest BCUT2D eigenvalue weighted by atomic mass is 9.97. The summed E-state index contributed by atoms with van der Waals surface area (Å²) in [6, 6.07) is 8.20. The molecule has 0 saturated carbocycles. The summed E-state index contributed by atoms with van der Waals surface area (Å²) in [7, 11) is 4.04. The largest absolute Gasteiger partial charge is 0.388 e. The van der Waals surface area contributed by atoms with Gasteiger partial charge in [0.25, 0.3) is 0 Å². The number of anilines is 2. The zero-order valence-electron chi connectivity index (χ0n) is 11.3. The van der Waals surface area contributed by atoms with E-state index < -0.39 is 5.60 Å². The molecule has 17 heavy (non-hydrogen) atoms. The Bertz CT molecular complexity index is 346. The van der Waals surface area contributed by atoms with Crippen molar-refractivity contribution in [2.75, 3.05) is 30.9 Å². The zero-order valence-corrected chi connectivity index (χ0v) is 11.3. The van der Waals surface area contributed by atoms with E-state index in [1.54, 1.807) is 0 Å². The fraction of sp³-hybridized carbons (Fsp3) is 0.571. The van der Waals surface area contributed by atoms with Crippen LogP contribution < -0.4 is 10.2 Å². The minimum absolute atomic E-state index is 0.594. The molecule has 0 aliphatic carbocycles. The van der Waals surface area contributed by atoms with Crippen molar-refractivity contribution in [3.05, 3.63) is 24.3 Å². The standard InChI is InChI=1S/C14H24N2O/c1-5-14(17,6-2)11-15-12-8-7-9-13(10-12)16(3)4/h7-10,15,17H,5-6,11H2,1-4H3. The Labute approximate surface area is 104 Å². The Kier molecular flexibility index (Phi) is 4.82. The van der Waals surface area contributed by atoms with Crippen LogP contribution in [0.4, 0.5) is 11.4 Å². The summed E-state index contributed by atoms with van der Waals surface area (Å²) in [4.78, 5) is 2.07. The topological polar surface area (TPSA) is 35.5 Å². The third kappa shape index (κ3) is 3.93. The van der Waals surface area contributed by atoms with E-state index in [4.69, 9.17) is 0 Å². The zero-order chi connectivity index (χ0) is 12.9. The molecule has 3 heteroatoms. The Morgan fingerprint density at radius 1 is 1.24 bits per heavy atom. The smallest absolute Gasteiger partial charge is 0.0814 e. The average molecular weight is 236 g/mol. The molecule has 0 radical (unpaired) electrons. The molecule has 0 bridgehead atoms. The number of hydrogen-bond donors (Lipinski definition) is 2. The van der Waals surface area contributed by atoms with Gasteiger partial charge in [-0.2, -0.15) is 0 Å². The van der Waals surface area contributed by atoms with Gasteiger partial charge in [-0.15, -0.1) is 0 Å². The lowest BCUT2D eigenvalue weighted by molar-refractivity contribution is 0.0457.